The van der Waals surface area contributed by atoms with Gasteiger partial charge in [0.1, 0.15) is 24.2 Å². The summed E-state index contributed by atoms with van der Waals surface area (Å²) >= 11 is 0. The second-order valence-electron chi connectivity index (χ2n) is 10.5. The molecule has 2 aromatic rings. The molecule has 11 nitrogen and oxygen atoms in total. The Morgan fingerprint density at radius 1 is 1.09 bits per heavy atom. The predicted octanol–water partition coefficient (Wildman–Crippen LogP) is 4.46. The molecule has 0 aliphatic carbocycles. The van der Waals surface area contributed by atoms with Gasteiger partial charge in [0.25, 0.3) is 5.69 Å². The third-order valence-corrected chi connectivity index (χ3v) is 6.73. The summed E-state index contributed by atoms with van der Waals surface area (Å²) in [4.78, 5) is 37.1. The van der Waals surface area contributed by atoms with E-state index >= 15 is 0 Å². The maximum Gasteiger partial charge on any atom is 0.431 e. The van der Waals surface area contributed by atoms with Crippen molar-refractivity contribution in [2.75, 3.05) is 26.4 Å². The van der Waals surface area contributed by atoms with Gasteiger partial charge in [0.2, 0.25) is 0 Å². The van der Waals surface area contributed by atoms with Crippen molar-refractivity contribution in [2.24, 2.45) is 0 Å². The largest absolute Gasteiger partial charge is 0.491 e. The maximum atomic E-state index is 14.2. The Labute approximate surface area is 258 Å². The number of carbonyl (C=O) groups is 2. The highest BCUT2D eigenvalue weighted by molar-refractivity contribution is 6.00. The van der Waals surface area contributed by atoms with Crippen molar-refractivity contribution >= 4 is 17.6 Å². The van der Waals surface area contributed by atoms with E-state index in [0.29, 0.717) is 12.3 Å². The van der Waals surface area contributed by atoms with Gasteiger partial charge in [0, 0.05) is 36.8 Å². The molecule has 0 saturated carbocycles. The summed E-state index contributed by atoms with van der Waals surface area (Å²) in [7, 11) is 0. The Kier molecular flexibility index (Phi) is 12.1. The molecule has 2 unspecified atom stereocenters. The van der Waals surface area contributed by atoms with Crippen LogP contribution in [0.2, 0.25) is 0 Å². The van der Waals surface area contributed by atoms with Gasteiger partial charge in [-0.1, -0.05) is 38.1 Å². The lowest BCUT2D eigenvalue weighted by atomic mass is 9.80. The van der Waals surface area contributed by atoms with Crippen LogP contribution in [0.3, 0.4) is 0 Å². The number of esters is 2. The standard InChI is InChI=1S/C31H36F3N3O8/c1-5-43-30(40)27-26(21-7-6-8-22(15-21)37(41)42)25(19(4)36-28(27)31(32,33)34)29(39)44-14-13-20-9-11-24(12-10-20)45-17-23(38)16-35-18(2)3/h6-12,15,18,23,26,35-36,38H,5,13-14,16-17H2,1-4H3. The minimum atomic E-state index is -5.04. The Hall–Kier alpha value is -4.43. The highest BCUT2D eigenvalue weighted by Gasteiger charge is 2.47. The SMILES string of the molecule is CCOC(=O)C1=C(C(F)(F)F)NC(C)=C(C(=O)OCCc2ccc(OCC(O)CNC(C)C)cc2)C1c1cccc([N+](=O)[O-])c1. The summed E-state index contributed by atoms with van der Waals surface area (Å²) in [5.41, 5.74) is -2.68. The molecule has 0 amide bonds. The number of nitro groups is 1. The summed E-state index contributed by atoms with van der Waals surface area (Å²) < 4.78 is 58.5. The van der Waals surface area contributed by atoms with Gasteiger partial charge in [-0.05, 0) is 37.1 Å². The van der Waals surface area contributed by atoms with E-state index in [1.165, 1.54) is 26.0 Å². The fraction of sp³-hybridized carbons (Fsp3) is 0.419. The molecule has 244 valence electrons. The number of hydrogen-bond donors (Lipinski definition) is 3. The van der Waals surface area contributed by atoms with E-state index in [1.54, 1.807) is 24.3 Å². The smallest absolute Gasteiger partial charge is 0.431 e. The molecule has 2 atom stereocenters. The number of non-ortho nitro benzene ring substituents is 1. The van der Waals surface area contributed by atoms with Crippen LogP contribution in [0.4, 0.5) is 18.9 Å². The van der Waals surface area contributed by atoms with Gasteiger partial charge in [0.15, 0.2) is 0 Å². The van der Waals surface area contributed by atoms with Gasteiger partial charge >= 0.3 is 18.1 Å². The number of halogens is 3. The third-order valence-electron chi connectivity index (χ3n) is 6.73. The molecule has 1 aliphatic rings. The minimum absolute atomic E-state index is 0.0865. The molecule has 0 radical (unpaired) electrons. The molecule has 0 aromatic heterocycles. The Morgan fingerprint density at radius 2 is 1.76 bits per heavy atom. The Balaban J connectivity index is 1.81. The number of rotatable bonds is 14. The zero-order chi connectivity index (χ0) is 33.3. The maximum absolute atomic E-state index is 14.2. The number of benzene rings is 2. The molecule has 1 aliphatic heterocycles. The van der Waals surface area contributed by atoms with E-state index in [1.807, 2.05) is 13.8 Å². The van der Waals surface area contributed by atoms with Gasteiger partial charge in [-0.25, -0.2) is 9.59 Å². The number of alkyl halides is 3. The van der Waals surface area contributed by atoms with Crippen molar-refractivity contribution in [3.63, 3.8) is 0 Å². The quantitative estimate of drug-likeness (QED) is 0.154. The molecular weight excluding hydrogens is 599 g/mol. The monoisotopic (exact) mass is 635 g/mol. The van der Waals surface area contributed by atoms with E-state index in [-0.39, 0.29) is 49.1 Å². The highest BCUT2D eigenvalue weighted by atomic mass is 19.4. The molecule has 3 N–H and O–H groups in total. The number of nitro benzene ring substituents is 1. The first-order chi connectivity index (χ1) is 21.2. The average molecular weight is 636 g/mol. The lowest BCUT2D eigenvalue weighted by Crippen LogP contribution is -2.38. The molecule has 0 spiro atoms. The summed E-state index contributed by atoms with van der Waals surface area (Å²) in [6, 6.07) is 11.8. The molecule has 2 aromatic carbocycles. The third kappa shape index (κ3) is 9.53. The van der Waals surface area contributed by atoms with Crippen LogP contribution >= 0.6 is 0 Å². The first kappa shape index (κ1) is 35.1. The molecule has 3 rings (SSSR count). The van der Waals surface area contributed by atoms with Gasteiger partial charge in [-0.2, -0.15) is 13.2 Å². The van der Waals surface area contributed by atoms with Crippen molar-refractivity contribution in [3.05, 3.63) is 92.3 Å². The summed E-state index contributed by atoms with van der Waals surface area (Å²) in [6.07, 6.45) is -5.50. The van der Waals surface area contributed by atoms with Crippen molar-refractivity contribution < 1.29 is 47.0 Å². The first-order valence-corrected chi connectivity index (χ1v) is 14.2. The topological polar surface area (TPSA) is 149 Å². The average Bonchev–Trinajstić information content (AvgIpc) is 2.98. The van der Waals surface area contributed by atoms with Gasteiger partial charge < -0.3 is 30.0 Å². The van der Waals surface area contributed by atoms with E-state index in [9.17, 15) is 38.0 Å². The molecule has 0 saturated heterocycles. The normalized spacial score (nSPS) is 15.9. The van der Waals surface area contributed by atoms with Crippen molar-refractivity contribution in [1.29, 1.82) is 0 Å². The van der Waals surface area contributed by atoms with E-state index in [2.05, 4.69) is 10.6 Å². The number of hydrogen-bond acceptors (Lipinski definition) is 10. The number of aliphatic hydroxyl groups is 1. The highest BCUT2D eigenvalue weighted by Crippen LogP contribution is 2.44. The molecule has 0 bridgehead atoms. The minimum Gasteiger partial charge on any atom is -0.491 e. The molecule has 14 heteroatoms. The lowest BCUT2D eigenvalue weighted by molar-refractivity contribution is -0.384. The number of dihydropyridines is 1. The van der Waals surface area contributed by atoms with Crippen LogP contribution < -0.4 is 15.4 Å². The molecule has 0 fully saturated rings. The van der Waals surface area contributed by atoms with Crippen LogP contribution in [0.1, 0.15) is 44.7 Å². The van der Waals surface area contributed by atoms with Gasteiger partial charge in [-0.15, -0.1) is 0 Å². The van der Waals surface area contributed by atoms with Crippen LogP contribution in [0.15, 0.2) is 71.1 Å². The van der Waals surface area contributed by atoms with E-state index < -0.39 is 52.0 Å². The van der Waals surface area contributed by atoms with Crippen LogP contribution in [0, 0.1) is 10.1 Å². The first-order valence-electron chi connectivity index (χ1n) is 14.2. The number of ether oxygens (including phenoxy) is 3. The van der Waals surface area contributed by atoms with Gasteiger partial charge in [-0.3, -0.25) is 10.1 Å². The Morgan fingerprint density at radius 3 is 2.36 bits per heavy atom. The fourth-order valence-corrected chi connectivity index (χ4v) is 4.62. The summed E-state index contributed by atoms with van der Waals surface area (Å²) in [5.74, 6) is -3.50. The number of aliphatic hydroxyl groups excluding tert-OH is 1. The van der Waals surface area contributed by atoms with Crippen molar-refractivity contribution in [3.8, 4) is 5.75 Å². The molecular formula is C31H36F3N3O8. The van der Waals surface area contributed by atoms with Crippen molar-refractivity contribution in [2.45, 2.75) is 58.4 Å². The number of nitrogens with one attached hydrogen (secondary N) is 2. The number of allylic oxidation sites excluding steroid dienone is 2. The number of carbonyl (C=O) groups excluding carboxylic acids is 2. The lowest BCUT2D eigenvalue weighted by Gasteiger charge is -2.32. The molecule has 45 heavy (non-hydrogen) atoms. The van der Waals surface area contributed by atoms with Crippen molar-refractivity contribution in [1.82, 2.24) is 10.6 Å². The van der Waals surface area contributed by atoms with Gasteiger partial charge in [0.05, 0.1) is 35.2 Å². The summed E-state index contributed by atoms with van der Waals surface area (Å²) in [5, 5.41) is 26.7. The predicted molar refractivity (Wildman–Crippen MR) is 157 cm³/mol. The van der Waals surface area contributed by atoms with E-state index in [0.717, 1.165) is 17.7 Å². The molecule has 1 heterocycles. The number of nitrogens with zero attached hydrogens (tertiary/aromatic N) is 1. The summed E-state index contributed by atoms with van der Waals surface area (Å²) in [6.45, 7) is 6.61. The zero-order valence-electron chi connectivity index (χ0n) is 25.3. The van der Waals surface area contributed by atoms with E-state index in [4.69, 9.17) is 14.2 Å². The second-order valence-corrected chi connectivity index (χ2v) is 10.5. The van der Waals surface area contributed by atoms with Crippen LogP contribution in [-0.4, -0.2) is 66.7 Å². The fourth-order valence-electron chi connectivity index (χ4n) is 4.62. The second kappa shape index (κ2) is 15.5. The van der Waals surface area contributed by atoms with Crippen LogP contribution in [0.5, 0.6) is 5.75 Å². The van der Waals surface area contributed by atoms with Crippen LogP contribution in [0.25, 0.3) is 0 Å². The Bertz CT molecular complexity index is 1440. The zero-order valence-corrected chi connectivity index (χ0v) is 25.3. The van der Waals surface area contributed by atoms with Crippen LogP contribution in [-0.2, 0) is 25.5 Å².